The predicted molar refractivity (Wildman–Crippen MR) is 121 cm³/mol. The van der Waals surface area contributed by atoms with Crippen LogP contribution in [0.15, 0.2) is 64.0 Å². The van der Waals surface area contributed by atoms with Crippen molar-refractivity contribution in [2.24, 2.45) is 0 Å². The molecule has 0 aliphatic carbocycles. The number of carbonyl (C=O) groups is 1. The molecule has 0 fully saturated rings. The average molecular weight is 440 g/mol. The monoisotopic (exact) mass is 439 g/mol. The van der Waals surface area contributed by atoms with Crippen LogP contribution < -0.4 is 10.0 Å². The van der Waals surface area contributed by atoms with Gasteiger partial charge in [0.1, 0.15) is 11.4 Å². The number of nitrogens with zero attached hydrogens (tertiary/aromatic N) is 1. The summed E-state index contributed by atoms with van der Waals surface area (Å²) in [6.45, 7) is 5.43. The Balaban J connectivity index is 1.67. The molecule has 0 bridgehead atoms. The minimum absolute atomic E-state index is 0.0568. The van der Waals surface area contributed by atoms with E-state index >= 15 is 0 Å². The highest BCUT2D eigenvalue weighted by atomic mass is 32.2. The smallest absolute Gasteiger partial charge is 0.240 e. The van der Waals surface area contributed by atoms with Crippen molar-refractivity contribution in [3.8, 4) is 0 Å². The fraction of sp³-hybridized carbons (Fsp3) is 0.217. The summed E-state index contributed by atoms with van der Waals surface area (Å²) in [5.41, 5.74) is 2.94. The zero-order valence-electron chi connectivity index (χ0n) is 17.6. The van der Waals surface area contributed by atoms with Crippen LogP contribution in [0, 0.1) is 6.92 Å². The zero-order chi connectivity index (χ0) is 22.4. The Morgan fingerprint density at radius 3 is 2.42 bits per heavy atom. The van der Waals surface area contributed by atoms with Crippen LogP contribution in [-0.4, -0.2) is 26.0 Å². The van der Waals surface area contributed by atoms with E-state index in [0.29, 0.717) is 23.7 Å². The van der Waals surface area contributed by atoms with Gasteiger partial charge in [-0.2, -0.15) is 0 Å². The van der Waals surface area contributed by atoms with Gasteiger partial charge < -0.3 is 9.84 Å². The molecule has 1 heterocycles. The second kappa shape index (κ2) is 9.72. The first-order chi connectivity index (χ1) is 14.8. The van der Waals surface area contributed by atoms with Crippen LogP contribution in [0.3, 0.4) is 0 Å². The average Bonchev–Trinajstić information content (AvgIpc) is 3.10. The number of aryl methyl sites for hydroxylation is 1. The molecule has 0 spiro atoms. The minimum atomic E-state index is -3.61. The van der Waals surface area contributed by atoms with Gasteiger partial charge >= 0.3 is 0 Å². The van der Waals surface area contributed by atoms with Crippen molar-refractivity contribution >= 4 is 33.8 Å². The van der Waals surface area contributed by atoms with Gasteiger partial charge in [0.05, 0.1) is 4.90 Å². The third kappa shape index (κ3) is 5.90. The van der Waals surface area contributed by atoms with E-state index in [1.54, 1.807) is 43.3 Å². The van der Waals surface area contributed by atoms with Crippen LogP contribution in [0.1, 0.15) is 42.3 Å². The van der Waals surface area contributed by atoms with Crippen LogP contribution in [0.25, 0.3) is 12.2 Å². The summed E-state index contributed by atoms with van der Waals surface area (Å²) in [4.78, 5) is 11.5. The van der Waals surface area contributed by atoms with Gasteiger partial charge in [-0.05, 0) is 42.2 Å². The molecule has 1 amide bonds. The fourth-order valence-electron chi connectivity index (χ4n) is 2.98. The van der Waals surface area contributed by atoms with Gasteiger partial charge in [0.2, 0.25) is 15.9 Å². The molecule has 0 saturated heterocycles. The second-order valence-corrected chi connectivity index (χ2v) is 9.02. The molecule has 0 unspecified atom stereocenters. The predicted octanol–water partition coefficient (Wildman–Crippen LogP) is 4.19. The molecule has 31 heavy (non-hydrogen) atoms. The van der Waals surface area contributed by atoms with Crippen molar-refractivity contribution in [2.75, 3.05) is 11.9 Å². The molecule has 3 aromatic rings. The molecule has 2 N–H and O–H groups in total. The van der Waals surface area contributed by atoms with E-state index in [2.05, 4.69) is 15.2 Å². The minimum Gasteiger partial charge on any atom is -0.354 e. The lowest BCUT2D eigenvalue weighted by Crippen LogP contribution is -2.27. The summed E-state index contributed by atoms with van der Waals surface area (Å²) in [6.07, 6.45) is 3.43. The maximum Gasteiger partial charge on any atom is 0.240 e. The van der Waals surface area contributed by atoms with Crippen LogP contribution in [-0.2, 0) is 14.8 Å². The van der Waals surface area contributed by atoms with Crippen molar-refractivity contribution in [3.05, 3.63) is 77.2 Å². The number of sulfonamides is 1. The maximum atomic E-state index is 12.6. The Bertz CT molecular complexity index is 1170. The lowest BCUT2D eigenvalue weighted by atomic mass is 10.0. The van der Waals surface area contributed by atoms with Gasteiger partial charge in [0, 0.05) is 13.5 Å². The van der Waals surface area contributed by atoms with E-state index in [0.717, 1.165) is 11.1 Å². The Kier molecular flexibility index (Phi) is 7.04. The van der Waals surface area contributed by atoms with Crippen LogP contribution in [0.5, 0.6) is 0 Å². The quantitative estimate of drug-likeness (QED) is 0.548. The SMILES string of the molecule is CC(=O)Nc1c(C)noc1/C=C\c1ccc(S(=O)(=O)NC[C@H](C)c2ccccc2)cc1. The Morgan fingerprint density at radius 2 is 1.77 bits per heavy atom. The Morgan fingerprint density at radius 1 is 1.10 bits per heavy atom. The molecular weight excluding hydrogens is 414 g/mol. The summed E-state index contributed by atoms with van der Waals surface area (Å²) < 4.78 is 33.1. The van der Waals surface area contributed by atoms with Crippen LogP contribution in [0.2, 0.25) is 0 Å². The fourth-order valence-corrected chi connectivity index (χ4v) is 4.11. The van der Waals surface area contributed by atoms with Gasteiger partial charge in [0.15, 0.2) is 5.76 Å². The van der Waals surface area contributed by atoms with Gasteiger partial charge in [-0.25, -0.2) is 13.1 Å². The van der Waals surface area contributed by atoms with E-state index in [4.69, 9.17) is 4.52 Å². The highest BCUT2D eigenvalue weighted by Crippen LogP contribution is 2.23. The van der Waals surface area contributed by atoms with Gasteiger partial charge in [0.25, 0.3) is 0 Å². The number of rotatable bonds is 8. The third-order valence-corrected chi connectivity index (χ3v) is 6.20. The van der Waals surface area contributed by atoms with Crippen molar-refractivity contribution in [2.45, 2.75) is 31.6 Å². The lowest BCUT2D eigenvalue weighted by molar-refractivity contribution is -0.114. The summed E-state index contributed by atoms with van der Waals surface area (Å²) in [5.74, 6) is 0.256. The number of aromatic nitrogens is 1. The number of hydrogen-bond acceptors (Lipinski definition) is 5. The third-order valence-electron chi connectivity index (χ3n) is 4.76. The molecule has 1 aromatic heterocycles. The molecule has 0 aliphatic heterocycles. The summed E-state index contributed by atoms with van der Waals surface area (Å²) in [7, 11) is -3.61. The molecule has 2 aromatic carbocycles. The molecule has 162 valence electrons. The molecule has 8 heteroatoms. The number of amides is 1. The van der Waals surface area contributed by atoms with Crippen molar-refractivity contribution in [1.82, 2.24) is 9.88 Å². The number of carbonyl (C=O) groups excluding carboxylic acids is 1. The van der Waals surface area contributed by atoms with E-state index in [9.17, 15) is 13.2 Å². The topological polar surface area (TPSA) is 101 Å². The number of benzene rings is 2. The van der Waals surface area contributed by atoms with Crippen molar-refractivity contribution in [3.63, 3.8) is 0 Å². The normalized spacial score (nSPS) is 12.7. The van der Waals surface area contributed by atoms with Gasteiger partial charge in [-0.1, -0.05) is 60.6 Å². The summed E-state index contributed by atoms with van der Waals surface area (Å²) >= 11 is 0. The summed E-state index contributed by atoms with van der Waals surface area (Å²) in [5, 5.41) is 6.54. The second-order valence-electron chi connectivity index (χ2n) is 7.25. The zero-order valence-corrected chi connectivity index (χ0v) is 18.4. The first-order valence-corrected chi connectivity index (χ1v) is 11.3. The molecule has 0 radical (unpaired) electrons. The molecule has 0 aliphatic rings. The van der Waals surface area contributed by atoms with Crippen LogP contribution in [0.4, 0.5) is 5.69 Å². The van der Waals surface area contributed by atoms with Gasteiger partial charge in [-0.15, -0.1) is 0 Å². The first-order valence-electron chi connectivity index (χ1n) is 9.83. The summed E-state index contributed by atoms with van der Waals surface area (Å²) in [6, 6.07) is 16.3. The van der Waals surface area contributed by atoms with Crippen LogP contribution >= 0.6 is 0 Å². The number of hydrogen-bond donors (Lipinski definition) is 2. The first kappa shape index (κ1) is 22.5. The molecule has 3 rings (SSSR count). The number of nitrogens with one attached hydrogen (secondary N) is 2. The van der Waals surface area contributed by atoms with E-state index in [1.165, 1.54) is 6.92 Å². The maximum absolute atomic E-state index is 12.6. The molecule has 7 nitrogen and oxygen atoms in total. The highest BCUT2D eigenvalue weighted by Gasteiger charge is 2.16. The van der Waals surface area contributed by atoms with Crippen molar-refractivity contribution in [1.29, 1.82) is 0 Å². The molecular formula is C23H25N3O4S. The Labute approximate surface area is 182 Å². The standard InChI is InChI=1S/C23H25N3O4S/c1-16(20-7-5-4-6-8-20)15-24-31(28,29)21-12-9-19(10-13-21)11-14-22-23(25-18(3)27)17(2)26-30-22/h4-14,16,24H,15H2,1-3H3,(H,25,27)/b14-11-/t16-/m0/s1. The number of anilines is 1. The van der Waals surface area contributed by atoms with Crippen molar-refractivity contribution < 1.29 is 17.7 Å². The largest absolute Gasteiger partial charge is 0.354 e. The molecule has 0 saturated carbocycles. The molecule has 1 atom stereocenters. The van der Waals surface area contributed by atoms with E-state index in [1.807, 2.05) is 37.3 Å². The van der Waals surface area contributed by atoms with E-state index in [-0.39, 0.29) is 16.7 Å². The van der Waals surface area contributed by atoms with E-state index < -0.39 is 10.0 Å². The van der Waals surface area contributed by atoms with Gasteiger partial charge in [-0.3, -0.25) is 4.79 Å². The lowest BCUT2D eigenvalue weighted by Gasteiger charge is -2.13. The highest BCUT2D eigenvalue weighted by molar-refractivity contribution is 7.89. The Hall–Kier alpha value is -3.23.